The Balaban J connectivity index is 1.75. The summed E-state index contributed by atoms with van der Waals surface area (Å²) in [7, 11) is 0. The Hall–Kier alpha value is -3.23. The van der Waals surface area contributed by atoms with Gasteiger partial charge in [-0.25, -0.2) is 0 Å². The number of aromatic amines is 1. The van der Waals surface area contributed by atoms with Gasteiger partial charge in [-0.05, 0) is 24.3 Å². The van der Waals surface area contributed by atoms with Crippen molar-refractivity contribution in [1.29, 1.82) is 0 Å². The van der Waals surface area contributed by atoms with Crippen LogP contribution in [-0.2, 0) is 9.53 Å². The SMILES string of the molecule is NC(=O)c1c(Nc2ccc(N3CCOC(=O)C3)cc2)n[nH]c1N. The summed E-state index contributed by atoms with van der Waals surface area (Å²) in [6, 6.07) is 7.34. The van der Waals surface area contributed by atoms with Crippen molar-refractivity contribution in [1.82, 2.24) is 10.2 Å². The molecule has 1 fully saturated rings. The molecule has 0 bridgehead atoms. The van der Waals surface area contributed by atoms with E-state index in [1.807, 2.05) is 29.2 Å². The molecular formula is C14H16N6O3. The van der Waals surface area contributed by atoms with E-state index in [2.05, 4.69) is 15.5 Å². The Kier molecular flexibility index (Phi) is 3.75. The number of carbonyl (C=O) groups is 2. The van der Waals surface area contributed by atoms with Crippen LogP contribution in [0, 0.1) is 0 Å². The molecule has 6 N–H and O–H groups in total. The lowest BCUT2D eigenvalue weighted by molar-refractivity contribution is -0.143. The second kappa shape index (κ2) is 5.87. The summed E-state index contributed by atoms with van der Waals surface area (Å²) in [6.07, 6.45) is 0. The second-order valence-corrected chi connectivity index (χ2v) is 5.04. The zero-order valence-corrected chi connectivity index (χ0v) is 12.2. The number of nitrogens with two attached hydrogens (primary N) is 2. The van der Waals surface area contributed by atoms with Crippen LogP contribution in [0.2, 0.25) is 0 Å². The minimum absolute atomic E-state index is 0.114. The Bertz CT molecular complexity index is 739. The summed E-state index contributed by atoms with van der Waals surface area (Å²) in [6.45, 7) is 1.27. The first-order valence-electron chi connectivity index (χ1n) is 6.96. The molecule has 1 saturated heterocycles. The van der Waals surface area contributed by atoms with Crippen LogP contribution in [0.3, 0.4) is 0 Å². The van der Waals surface area contributed by atoms with Gasteiger partial charge in [0.2, 0.25) is 0 Å². The predicted octanol–water partition coefficient (Wildman–Crippen LogP) is 0.198. The van der Waals surface area contributed by atoms with Gasteiger partial charge in [0.05, 0.1) is 6.54 Å². The zero-order valence-electron chi connectivity index (χ0n) is 12.2. The average molecular weight is 316 g/mol. The molecule has 23 heavy (non-hydrogen) atoms. The number of nitrogen functional groups attached to an aromatic ring is 1. The molecular weight excluding hydrogens is 300 g/mol. The van der Waals surface area contributed by atoms with E-state index in [-0.39, 0.29) is 29.7 Å². The summed E-state index contributed by atoms with van der Waals surface area (Å²) >= 11 is 0. The van der Waals surface area contributed by atoms with Gasteiger partial charge in [-0.3, -0.25) is 14.7 Å². The maximum atomic E-state index is 11.4. The first-order valence-corrected chi connectivity index (χ1v) is 6.96. The summed E-state index contributed by atoms with van der Waals surface area (Å²) in [5.41, 5.74) is 12.6. The molecule has 1 amide bonds. The summed E-state index contributed by atoms with van der Waals surface area (Å²) in [5.74, 6) is -0.522. The second-order valence-electron chi connectivity index (χ2n) is 5.04. The highest BCUT2D eigenvalue weighted by atomic mass is 16.5. The highest BCUT2D eigenvalue weighted by Gasteiger charge is 2.19. The summed E-state index contributed by atoms with van der Waals surface area (Å²) < 4.78 is 4.91. The molecule has 2 aromatic rings. The molecule has 1 aromatic heterocycles. The number of primary amides is 1. The van der Waals surface area contributed by atoms with Crippen molar-refractivity contribution in [2.45, 2.75) is 0 Å². The minimum Gasteiger partial charge on any atom is -0.462 e. The number of aromatic nitrogens is 2. The Morgan fingerprint density at radius 2 is 2.09 bits per heavy atom. The van der Waals surface area contributed by atoms with Gasteiger partial charge in [-0.1, -0.05) is 0 Å². The van der Waals surface area contributed by atoms with Gasteiger partial charge in [0.25, 0.3) is 5.91 Å². The Morgan fingerprint density at radius 1 is 1.35 bits per heavy atom. The number of amides is 1. The average Bonchev–Trinajstić information content (AvgIpc) is 2.89. The lowest BCUT2D eigenvalue weighted by atomic mass is 10.2. The number of esters is 1. The first-order chi connectivity index (χ1) is 11.0. The number of nitrogens with one attached hydrogen (secondary N) is 2. The number of benzene rings is 1. The maximum Gasteiger partial charge on any atom is 0.325 e. The molecule has 3 rings (SSSR count). The lowest BCUT2D eigenvalue weighted by Gasteiger charge is -2.27. The zero-order chi connectivity index (χ0) is 16.4. The molecule has 1 aliphatic rings. The lowest BCUT2D eigenvalue weighted by Crippen LogP contribution is -2.39. The van der Waals surface area contributed by atoms with Crippen LogP contribution in [0.4, 0.5) is 23.0 Å². The molecule has 0 atom stereocenters. The number of hydrogen-bond donors (Lipinski definition) is 4. The third-order valence-electron chi connectivity index (χ3n) is 3.48. The van der Waals surface area contributed by atoms with Crippen molar-refractivity contribution in [3.63, 3.8) is 0 Å². The van der Waals surface area contributed by atoms with Crippen LogP contribution >= 0.6 is 0 Å². The van der Waals surface area contributed by atoms with Crippen LogP contribution in [-0.4, -0.2) is 41.8 Å². The maximum absolute atomic E-state index is 11.4. The fourth-order valence-electron chi connectivity index (χ4n) is 2.36. The van der Waals surface area contributed by atoms with Crippen molar-refractivity contribution in [2.75, 3.05) is 35.6 Å². The van der Waals surface area contributed by atoms with Crippen molar-refractivity contribution in [3.05, 3.63) is 29.8 Å². The predicted molar refractivity (Wildman–Crippen MR) is 84.4 cm³/mol. The van der Waals surface area contributed by atoms with E-state index in [1.165, 1.54) is 0 Å². The number of morpholine rings is 1. The smallest absolute Gasteiger partial charge is 0.325 e. The van der Waals surface area contributed by atoms with Crippen molar-refractivity contribution in [3.8, 4) is 0 Å². The fraction of sp³-hybridized carbons (Fsp3) is 0.214. The largest absolute Gasteiger partial charge is 0.462 e. The molecule has 9 nitrogen and oxygen atoms in total. The van der Waals surface area contributed by atoms with Crippen LogP contribution in [0.15, 0.2) is 24.3 Å². The fourth-order valence-corrected chi connectivity index (χ4v) is 2.36. The molecule has 1 aromatic carbocycles. The first kappa shape index (κ1) is 14.7. The number of ether oxygens (including phenoxy) is 1. The van der Waals surface area contributed by atoms with E-state index >= 15 is 0 Å². The van der Waals surface area contributed by atoms with Gasteiger partial charge in [0, 0.05) is 11.4 Å². The Morgan fingerprint density at radius 3 is 2.74 bits per heavy atom. The molecule has 0 aliphatic carbocycles. The van der Waals surface area contributed by atoms with Gasteiger partial charge in [0.15, 0.2) is 5.82 Å². The quantitative estimate of drug-likeness (QED) is 0.591. The van der Waals surface area contributed by atoms with E-state index in [9.17, 15) is 9.59 Å². The minimum atomic E-state index is -0.665. The van der Waals surface area contributed by atoms with E-state index in [1.54, 1.807) is 0 Å². The number of hydrogen-bond acceptors (Lipinski definition) is 7. The molecule has 0 saturated carbocycles. The van der Waals surface area contributed by atoms with Crippen LogP contribution in [0.1, 0.15) is 10.4 Å². The number of cyclic esters (lactones) is 1. The van der Waals surface area contributed by atoms with Crippen LogP contribution < -0.4 is 21.7 Å². The van der Waals surface area contributed by atoms with Gasteiger partial charge in [-0.15, -0.1) is 0 Å². The molecule has 0 unspecified atom stereocenters. The van der Waals surface area contributed by atoms with Crippen LogP contribution in [0.5, 0.6) is 0 Å². The third-order valence-corrected chi connectivity index (χ3v) is 3.48. The molecule has 2 heterocycles. The number of nitrogens with zero attached hydrogens (tertiary/aromatic N) is 2. The highest BCUT2D eigenvalue weighted by molar-refractivity contribution is 6.02. The molecule has 0 spiro atoms. The van der Waals surface area contributed by atoms with E-state index in [4.69, 9.17) is 16.2 Å². The van der Waals surface area contributed by atoms with Crippen molar-refractivity contribution in [2.24, 2.45) is 5.73 Å². The highest BCUT2D eigenvalue weighted by Crippen LogP contribution is 2.24. The van der Waals surface area contributed by atoms with E-state index < -0.39 is 5.91 Å². The molecule has 120 valence electrons. The third kappa shape index (κ3) is 3.03. The topological polar surface area (TPSA) is 139 Å². The molecule has 0 radical (unpaired) electrons. The van der Waals surface area contributed by atoms with Crippen molar-refractivity contribution < 1.29 is 14.3 Å². The summed E-state index contributed by atoms with van der Waals surface area (Å²) in [5, 5.41) is 9.41. The van der Waals surface area contributed by atoms with Gasteiger partial charge in [-0.2, -0.15) is 5.10 Å². The standard InChI is InChI=1S/C14H16N6O3/c15-12-11(13(16)22)14(19-18-12)17-8-1-3-9(4-2-8)20-5-6-23-10(21)7-20/h1-4H,5-7H2,(H2,16,22)(H4,15,17,18,19). The number of anilines is 4. The van der Waals surface area contributed by atoms with Gasteiger partial charge >= 0.3 is 5.97 Å². The summed E-state index contributed by atoms with van der Waals surface area (Å²) in [4.78, 5) is 24.6. The van der Waals surface area contributed by atoms with Crippen molar-refractivity contribution >= 4 is 34.9 Å². The van der Waals surface area contributed by atoms with Crippen LogP contribution in [0.25, 0.3) is 0 Å². The van der Waals surface area contributed by atoms with E-state index in [0.29, 0.717) is 18.8 Å². The van der Waals surface area contributed by atoms with Gasteiger partial charge < -0.3 is 26.4 Å². The number of H-pyrrole nitrogens is 1. The number of carbonyl (C=O) groups excluding carboxylic acids is 2. The Labute approximate surface area is 131 Å². The monoisotopic (exact) mass is 316 g/mol. The molecule has 9 heteroatoms. The molecule has 1 aliphatic heterocycles. The number of rotatable bonds is 4. The normalized spacial score (nSPS) is 14.4. The van der Waals surface area contributed by atoms with E-state index in [0.717, 1.165) is 5.69 Å². The van der Waals surface area contributed by atoms with Gasteiger partial charge in [0.1, 0.15) is 24.5 Å².